The van der Waals surface area contributed by atoms with Crippen LogP contribution in [0.4, 0.5) is 0 Å². The second-order valence-corrected chi connectivity index (χ2v) is 6.33. The second-order valence-electron chi connectivity index (χ2n) is 4.77. The van der Waals surface area contributed by atoms with E-state index in [-0.39, 0.29) is 6.04 Å². The molecule has 0 aliphatic heterocycles. The van der Waals surface area contributed by atoms with Gasteiger partial charge in [0.25, 0.3) is 0 Å². The minimum Gasteiger partial charge on any atom is -0.307 e. The summed E-state index contributed by atoms with van der Waals surface area (Å²) in [6.07, 6.45) is 1.02. The molecular formula is C15H17Cl2NS. The molecule has 1 nitrogen and oxygen atoms in total. The van der Waals surface area contributed by atoms with Crippen LogP contribution in [0.25, 0.3) is 0 Å². The molecule has 2 unspecified atom stereocenters. The summed E-state index contributed by atoms with van der Waals surface area (Å²) in [6, 6.07) is 8.50. The summed E-state index contributed by atoms with van der Waals surface area (Å²) in [7, 11) is 0. The molecule has 0 fully saturated rings. The van der Waals surface area contributed by atoms with Gasteiger partial charge in [0.2, 0.25) is 0 Å². The molecule has 102 valence electrons. The van der Waals surface area contributed by atoms with Crippen molar-refractivity contribution in [3.8, 4) is 0 Å². The Kier molecular flexibility index (Phi) is 5.28. The summed E-state index contributed by atoms with van der Waals surface area (Å²) in [5.74, 6) is 0. The van der Waals surface area contributed by atoms with Crippen molar-refractivity contribution in [3.63, 3.8) is 0 Å². The third-order valence-electron chi connectivity index (χ3n) is 3.10. The van der Waals surface area contributed by atoms with E-state index in [1.165, 1.54) is 5.56 Å². The number of thiophene rings is 1. The summed E-state index contributed by atoms with van der Waals surface area (Å²) < 4.78 is 0. The van der Waals surface area contributed by atoms with Gasteiger partial charge in [0, 0.05) is 12.1 Å². The van der Waals surface area contributed by atoms with Crippen LogP contribution in [-0.2, 0) is 6.42 Å². The van der Waals surface area contributed by atoms with E-state index in [9.17, 15) is 0 Å². The molecule has 0 radical (unpaired) electrons. The molecule has 0 saturated heterocycles. The Morgan fingerprint density at radius 1 is 1.21 bits per heavy atom. The van der Waals surface area contributed by atoms with Crippen molar-refractivity contribution in [1.29, 1.82) is 0 Å². The van der Waals surface area contributed by atoms with E-state index in [1.807, 2.05) is 18.2 Å². The van der Waals surface area contributed by atoms with Crippen molar-refractivity contribution < 1.29 is 0 Å². The van der Waals surface area contributed by atoms with Crippen molar-refractivity contribution in [3.05, 3.63) is 56.2 Å². The molecule has 4 heteroatoms. The topological polar surface area (TPSA) is 12.0 Å². The summed E-state index contributed by atoms with van der Waals surface area (Å²) in [6.45, 7) is 4.30. The molecule has 1 N–H and O–H groups in total. The molecule has 0 aliphatic carbocycles. The predicted molar refractivity (Wildman–Crippen MR) is 85.5 cm³/mol. The molecule has 1 heterocycles. The van der Waals surface area contributed by atoms with Crippen molar-refractivity contribution in [2.75, 3.05) is 0 Å². The van der Waals surface area contributed by atoms with Gasteiger partial charge in [-0.1, -0.05) is 35.3 Å². The predicted octanol–water partition coefficient (Wildman–Crippen LogP) is 5.34. The van der Waals surface area contributed by atoms with Crippen LogP contribution in [0.1, 0.15) is 31.0 Å². The quantitative estimate of drug-likeness (QED) is 0.786. The highest BCUT2D eigenvalue weighted by atomic mass is 35.5. The van der Waals surface area contributed by atoms with Gasteiger partial charge in [-0.05, 0) is 54.3 Å². The van der Waals surface area contributed by atoms with Crippen LogP contribution in [0.5, 0.6) is 0 Å². The first-order valence-corrected chi connectivity index (χ1v) is 7.99. The third-order valence-corrected chi connectivity index (χ3v) is 4.67. The number of rotatable bonds is 5. The molecule has 0 amide bonds. The monoisotopic (exact) mass is 313 g/mol. The van der Waals surface area contributed by atoms with Gasteiger partial charge < -0.3 is 5.32 Å². The highest BCUT2D eigenvalue weighted by molar-refractivity contribution is 7.07. The van der Waals surface area contributed by atoms with Crippen LogP contribution < -0.4 is 5.32 Å². The molecular weight excluding hydrogens is 297 g/mol. The normalized spacial score (nSPS) is 14.3. The van der Waals surface area contributed by atoms with E-state index in [0.717, 1.165) is 12.0 Å². The molecule has 0 saturated carbocycles. The van der Waals surface area contributed by atoms with Crippen molar-refractivity contribution in [2.24, 2.45) is 0 Å². The standard InChI is InChI=1S/C15H17Cl2NS/c1-10(8-12-6-7-19-9-12)18-11(2)13-4-3-5-14(16)15(13)17/h3-7,9-11,18H,8H2,1-2H3. The van der Waals surface area contributed by atoms with Crippen LogP contribution >= 0.6 is 34.5 Å². The van der Waals surface area contributed by atoms with Gasteiger partial charge in [0.1, 0.15) is 0 Å². The molecule has 0 spiro atoms. The van der Waals surface area contributed by atoms with Crippen LogP contribution in [0, 0.1) is 0 Å². The Hall–Kier alpha value is -0.540. The minimum atomic E-state index is 0.180. The lowest BCUT2D eigenvalue weighted by Crippen LogP contribution is -2.30. The van der Waals surface area contributed by atoms with E-state index < -0.39 is 0 Å². The van der Waals surface area contributed by atoms with Gasteiger partial charge in [-0.15, -0.1) is 0 Å². The lowest BCUT2D eigenvalue weighted by molar-refractivity contribution is 0.477. The van der Waals surface area contributed by atoms with Crippen molar-refractivity contribution in [2.45, 2.75) is 32.4 Å². The molecule has 2 aromatic rings. The fourth-order valence-electron chi connectivity index (χ4n) is 2.19. The van der Waals surface area contributed by atoms with E-state index in [1.54, 1.807) is 11.3 Å². The number of halogens is 2. The Labute approximate surface area is 128 Å². The Morgan fingerprint density at radius 3 is 2.68 bits per heavy atom. The molecule has 1 aromatic heterocycles. The smallest absolute Gasteiger partial charge is 0.0639 e. The summed E-state index contributed by atoms with van der Waals surface area (Å²) in [4.78, 5) is 0. The summed E-state index contributed by atoms with van der Waals surface area (Å²) in [5.41, 5.74) is 2.42. The summed E-state index contributed by atoms with van der Waals surface area (Å²) in [5, 5.41) is 9.12. The van der Waals surface area contributed by atoms with Crippen molar-refractivity contribution >= 4 is 34.5 Å². The zero-order valence-electron chi connectivity index (χ0n) is 11.0. The van der Waals surface area contributed by atoms with Crippen LogP contribution in [0.2, 0.25) is 10.0 Å². The van der Waals surface area contributed by atoms with Gasteiger partial charge in [-0.2, -0.15) is 11.3 Å². The van der Waals surface area contributed by atoms with Crippen LogP contribution in [0.15, 0.2) is 35.0 Å². The Balaban J connectivity index is 2.00. The van der Waals surface area contributed by atoms with Gasteiger partial charge in [-0.25, -0.2) is 0 Å². The molecule has 19 heavy (non-hydrogen) atoms. The average Bonchev–Trinajstić information content (AvgIpc) is 2.85. The zero-order chi connectivity index (χ0) is 13.8. The van der Waals surface area contributed by atoms with Crippen LogP contribution in [-0.4, -0.2) is 6.04 Å². The third kappa shape index (κ3) is 3.96. The maximum Gasteiger partial charge on any atom is 0.0639 e. The molecule has 0 bridgehead atoms. The first-order valence-electron chi connectivity index (χ1n) is 6.29. The van der Waals surface area contributed by atoms with E-state index in [4.69, 9.17) is 23.2 Å². The second kappa shape index (κ2) is 6.76. The average molecular weight is 314 g/mol. The fraction of sp³-hybridized carbons (Fsp3) is 0.333. The van der Waals surface area contributed by atoms with Gasteiger partial charge in [0.05, 0.1) is 10.0 Å². The van der Waals surface area contributed by atoms with Gasteiger partial charge in [0.15, 0.2) is 0 Å². The number of benzene rings is 1. The molecule has 0 aliphatic rings. The van der Waals surface area contributed by atoms with Crippen LogP contribution in [0.3, 0.4) is 0 Å². The summed E-state index contributed by atoms with van der Waals surface area (Å²) >= 11 is 14.0. The molecule has 2 rings (SSSR count). The maximum absolute atomic E-state index is 6.24. The highest BCUT2D eigenvalue weighted by Crippen LogP contribution is 2.30. The Morgan fingerprint density at radius 2 is 2.00 bits per heavy atom. The highest BCUT2D eigenvalue weighted by Gasteiger charge is 2.14. The number of nitrogens with one attached hydrogen (secondary N) is 1. The largest absolute Gasteiger partial charge is 0.307 e. The molecule has 1 aromatic carbocycles. The SMILES string of the molecule is CC(Cc1ccsc1)NC(C)c1cccc(Cl)c1Cl. The number of hydrogen-bond donors (Lipinski definition) is 1. The lowest BCUT2D eigenvalue weighted by Gasteiger charge is -2.21. The fourth-order valence-corrected chi connectivity index (χ4v) is 3.35. The first kappa shape index (κ1) is 14.9. The van der Waals surface area contributed by atoms with Gasteiger partial charge in [-0.3, -0.25) is 0 Å². The number of hydrogen-bond acceptors (Lipinski definition) is 2. The maximum atomic E-state index is 6.24. The van der Waals surface area contributed by atoms with E-state index >= 15 is 0 Å². The zero-order valence-corrected chi connectivity index (χ0v) is 13.3. The van der Waals surface area contributed by atoms with Gasteiger partial charge >= 0.3 is 0 Å². The minimum absolute atomic E-state index is 0.180. The van der Waals surface area contributed by atoms with Crippen molar-refractivity contribution in [1.82, 2.24) is 5.32 Å². The lowest BCUT2D eigenvalue weighted by atomic mass is 10.1. The van der Waals surface area contributed by atoms with E-state index in [2.05, 4.69) is 36.0 Å². The first-order chi connectivity index (χ1) is 9.08. The molecule has 2 atom stereocenters. The van der Waals surface area contributed by atoms with E-state index in [0.29, 0.717) is 16.1 Å². The Bertz CT molecular complexity index is 525.